The second-order valence-electron chi connectivity index (χ2n) is 7.07. The molecular weight excluding hydrogens is 360 g/mol. The molecule has 0 N–H and O–H groups in total. The summed E-state index contributed by atoms with van der Waals surface area (Å²) in [6.07, 6.45) is 3.91. The number of carbonyl (C=O) groups excluding carboxylic acids is 2. The summed E-state index contributed by atoms with van der Waals surface area (Å²) in [5.41, 5.74) is 0.682. The van der Waals surface area contributed by atoms with Crippen molar-refractivity contribution in [3.63, 3.8) is 0 Å². The molecule has 8 heteroatoms. The second-order valence-corrected chi connectivity index (χ2v) is 7.07. The lowest BCUT2D eigenvalue weighted by molar-refractivity contribution is 0.0650. The van der Waals surface area contributed by atoms with Crippen LogP contribution in [0, 0.1) is 0 Å². The maximum atomic E-state index is 12.8. The van der Waals surface area contributed by atoms with Crippen LogP contribution in [0.3, 0.4) is 0 Å². The van der Waals surface area contributed by atoms with Gasteiger partial charge in [0.2, 0.25) is 5.82 Å². The van der Waals surface area contributed by atoms with E-state index in [0.717, 1.165) is 12.8 Å². The number of furan rings is 1. The van der Waals surface area contributed by atoms with Crippen LogP contribution < -0.4 is 5.69 Å². The highest BCUT2D eigenvalue weighted by atomic mass is 16.3. The molecule has 0 radical (unpaired) electrons. The summed E-state index contributed by atoms with van der Waals surface area (Å²) < 4.78 is 8.50. The Morgan fingerprint density at radius 3 is 2.29 bits per heavy atom. The Morgan fingerprint density at radius 1 is 0.964 bits per heavy atom. The monoisotopic (exact) mass is 378 g/mol. The Bertz CT molecular complexity index is 1090. The van der Waals surface area contributed by atoms with E-state index in [1.807, 2.05) is 0 Å². The van der Waals surface area contributed by atoms with Crippen molar-refractivity contribution in [1.82, 2.24) is 19.2 Å². The average Bonchev–Trinajstić information content (AvgIpc) is 3.19. The van der Waals surface area contributed by atoms with Crippen molar-refractivity contribution in [1.29, 1.82) is 0 Å². The molecule has 1 aliphatic heterocycles. The third kappa shape index (κ3) is 2.60. The maximum absolute atomic E-state index is 12.8. The van der Waals surface area contributed by atoms with E-state index in [2.05, 4.69) is 5.10 Å². The SMILES string of the molecule is O=C1c2ccccc2C(=O)N1CCCn1nc(-c2ccco2)n(C2CC2)c1=O. The van der Waals surface area contributed by atoms with Crippen molar-refractivity contribution in [2.45, 2.75) is 31.8 Å². The van der Waals surface area contributed by atoms with Crippen LogP contribution in [-0.4, -0.2) is 37.6 Å². The number of nitrogens with zero attached hydrogens (tertiary/aromatic N) is 4. The van der Waals surface area contributed by atoms with Gasteiger partial charge in [-0.15, -0.1) is 5.10 Å². The summed E-state index contributed by atoms with van der Waals surface area (Å²) in [5, 5.41) is 4.44. The van der Waals surface area contributed by atoms with Gasteiger partial charge >= 0.3 is 5.69 Å². The van der Waals surface area contributed by atoms with Gasteiger partial charge in [0.15, 0.2) is 5.76 Å². The van der Waals surface area contributed by atoms with Crippen LogP contribution in [0.5, 0.6) is 0 Å². The van der Waals surface area contributed by atoms with Crippen LogP contribution in [0.15, 0.2) is 51.9 Å². The van der Waals surface area contributed by atoms with Crippen molar-refractivity contribution < 1.29 is 14.0 Å². The van der Waals surface area contributed by atoms with E-state index in [-0.39, 0.29) is 30.1 Å². The largest absolute Gasteiger partial charge is 0.461 e. The number of aryl methyl sites for hydroxylation is 1. The van der Waals surface area contributed by atoms with Crippen LogP contribution in [0.1, 0.15) is 46.0 Å². The molecule has 0 atom stereocenters. The molecule has 3 heterocycles. The van der Waals surface area contributed by atoms with Gasteiger partial charge in [0.1, 0.15) is 0 Å². The minimum absolute atomic E-state index is 0.164. The molecule has 2 aliphatic rings. The number of hydrogen-bond donors (Lipinski definition) is 0. The van der Waals surface area contributed by atoms with Gasteiger partial charge in [0, 0.05) is 19.1 Å². The predicted octanol–water partition coefficient (Wildman–Crippen LogP) is 2.33. The zero-order valence-electron chi connectivity index (χ0n) is 15.1. The van der Waals surface area contributed by atoms with Crippen LogP contribution in [0.2, 0.25) is 0 Å². The van der Waals surface area contributed by atoms with Crippen molar-refractivity contribution in [2.75, 3.05) is 6.54 Å². The number of fused-ring (bicyclic) bond motifs is 1. The molecule has 0 bridgehead atoms. The molecule has 1 fully saturated rings. The summed E-state index contributed by atoms with van der Waals surface area (Å²) in [6, 6.07) is 10.5. The summed E-state index contributed by atoms with van der Waals surface area (Å²) in [4.78, 5) is 38.9. The Labute approximate surface area is 160 Å². The van der Waals surface area contributed by atoms with Gasteiger partial charge in [-0.05, 0) is 43.5 Å². The molecule has 0 unspecified atom stereocenters. The molecule has 8 nitrogen and oxygen atoms in total. The van der Waals surface area contributed by atoms with Gasteiger partial charge in [-0.1, -0.05) is 12.1 Å². The van der Waals surface area contributed by atoms with Crippen LogP contribution >= 0.6 is 0 Å². The number of aromatic nitrogens is 3. The van der Waals surface area contributed by atoms with E-state index in [4.69, 9.17) is 4.42 Å². The zero-order valence-corrected chi connectivity index (χ0v) is 15.1. The standard InChI is InChI=1S/C20H18N4O4/c25-18-14-5-1-2-6-15(14)19(26)22(18)10-4-11-23-20(27)24(13-8-9-13)17(21-23)16-7-3-12-28-16/h1-3,5-7,12-13H,4,8-11H2. The Hall–Kier alpha value is -3.42. The normalized spacial score (nSPS) is 16.1. The topological polar surface area (TPSA) is 90.3 Å². The molecule has 2 aromatic heterocycles. The number of carbonyl (C=O) groups is 2. The highest BCUT2D eigenvalue weighted by Gasteiger charge is 2.35. The third-order valence-corrected chi connectivity index (χ3v) is 5.15. The fourth-order valence-electron chi connectivity index (χ4n) is 3.62. The number of hydrogen-bond acceptors (Lipinski definition) is 5. The molecule has 142 valence electrons. The molecule has 2 amide bonds. The number of amides is 2. The fourth-order valence-corrected chi connectivity index (χ4v) is 3.62. The lowest BCUT2D eigenvalue weighted by atomic mass is 10.1. The van der Waals surface area contributed by atoms with Gasteiger partial charge in [0.05, 0.1) is 17.4 Å². The molecule has 0 spiro atoms. The predicted molar refractivity (Wildman–Crippen MR) is 98.9 cm³/mol. The van der Waals surface area contributed by atoms with E-state index in [9.17, 15) is 14.4 Å². The summed E-state index contributed by atoms with van der Waals surface area (Å²) in [6.45, 7) is 0.560. The van der Waals surface area contributed by atoms with Gasteiger partial charge in [-0.2, -0.15) is 0 Å². The van der Waals surface area contributed by atoms with Gasteiger partial charge in [0.25, 0.3) is 11.8 Å². The first-order valence-electron chi connectivity index (χ1n) is 9.33. The van der Waals surface area contributed by atoms with E-state index in [1.54, 1.807) is 47.2 Å². The average molecular weight is 378 g/mol. The highest BCUT2D eigenvalue weighted by molar-refractivity contribution is 6.21. The molecule has 3 aromatic rings. The maximum Gasteiger partial charge on any atom is 0.346 e. The molecule has 0 saturated heterocycles. The Morgan fingerprint density at radius 2 is 1.68 bits per heavy atom. The smallest absolute Gasteiger partial charge is 0.346 e. The van der Waals surface area contributed by atoms with Crippen molar-refractivity contribution >= 4 is 11.8 Å². The Balaban J connectivity index is 1.33. The molecule has 1 saturated carbocycles. The molecule has 28 heavy (non-hydrogen) atoms. The fraction of sp³-hybridized carbons (Fsp3) is 0.300. The van der Waals surface area contributed by atoms with Crippen molar-refractivity contribution in [3.05, 3.63) is 64.3 Å². The van der Waals surface area contributed by atoms with E-state index >= 15 is 0 Å². The van der Waals surface area contributed by atoms with Gasteiger partial charge in [-0.25, -0.2) is 9.48 Å². The first kappa shape index (κ1) is 16.7. The number of imide groups is 1. The summed E-state index contributed by atoms with van der Waals surface area (Å²) in [5.74, 6) is 0.516. The van der Waals surface area contributed by atoms with Crippen LogP contribution in [-0.2, 0) is 6.54 Å². The van der Waals surface area contributed by atoms with E-state index in [0.29, 0.717) is 35.7 Å². The minimum atomic E-state index is -0.285. The lowest BCUT2D eigenvalue weighted by Gasteiger charge is -2.13. The highest BCUT2D eigenvalue weighted by Crippen LogP contribution is 2.36. The minimum Gasteiger partial charge on any atom is -0.461 e. The van der Waals surface area contributed by atoms with Gasteiger partial charge in [-0.3, -0.25) is 19.1 Å². The van der Waals surface area contributed by atoms with Crippen molar-refractivity contribution in [2.24, 2.45) is 0 Å². The van der Waals surface area contributed by atoms with Crippen LogP contribution in [0.25, 0.3) is 11.6 Å². The first-order chi connectivity index (χ1) is 13.6. The molecule has 1 aromatic carbocycles. The summed E-state index contributed by atoms with van der Waals surface area (Å²) in [7, 11) is 0. The zero-order chi connectivity index (χ0) is 19.3. The quantitative estimate of drug-likeness (QED) is 0.614. The molecule has 1 aliphatic carbocycles. The lowest BCUT2D eigenvalue weighted by Crippen LogP contribution is -2.32. The molecule has 5 rings (SSSR count). The molecular formula is C20H18N4O4. The van der Waals surface area contributed by atoms with E-state index < -0.39 is 0 Å². The van der Waals surface area contributed by atoms with E-state index in [1.165, 1.54) is 9.58 Å². The number of benzene rings is 1. The van der Waals surface area contributed by atoms with Crippen LogP contribution in [0.4, 0.5) is 0 Å². The van der Waals surface area contributed by atoms with Gasteiger partial charge < -0.3 is 4.42 Å². The Kier molecular flexibility index (Phi) is 3.78. The number of rotatable bonds is 6. The third-order valence-electron chi connectivity index (χ3n) is 5.15. The second kappa shape index (κ2) is 6.33. The van der Waals surface area contributed by atoms with Crippen molar-refractivity contribution in [3.8, 4) is 11.6 Å². The summed E-state index contributed by atoms with van der Waals surface area (Å²) >= 11 is 0. The first-order valence-corrected chi connectivity index (χ1v) is 9.33.